The Labute approximate surface area is 115 Å². The van der Waals surface area contributed by atoms with Gasteiger partial charge in [-0.2, -0.15) is 0 Å². The van der Waals surface area contributed by atoms with Gasteiger partial charge in [0.1, 0.15) is 0 Å². The third kappa shape index (κ3) is 3.16. The van der Waals surface area contributed by atoms with E-state index in [2.05, 4.69) is 60.0 Å². The van der Waals surface area contributed by atoms with Crippen LogP contribution in [0.2, 0.25) is 0 Å². The molecule has 19 heavy (non-hydrogen) atoms. The highest BCUT2D eigenvalue weighted by Gasteiger charge is 2.07. The predicted molar refractivity (Wildman–Crippen MR) is 81.1 cm³/mol. The molecule has 0 bridgehead atoms. The third-order valence-corrected chi connectivity index (χ3v) is 3.50. The second-order valence-corrected chi connectivity index (χ2v) is 5.13. The van der Waals surface area contributed by atoms with E-state index in [1.54, 1.807) is 0 Å². The number of nitrogens with zero attached hydrogens (tertiary/aromatic N) is 2. The van der Waals surface area contributed by atoms with E-state index in [0.717, 1.165) is 23.9 Å². The van der Waals surface area contributed by atoms with Crippen LogP contribution in [0.4, 0.5) is 11.6 Å². The topological polar surface area (TPSA) is 29.9 Å². The van der Waals surface area contributed by atoms with Crippen LogP contribution in [0.25, 0.3) is 0 Å². The zero-order valence-corrected chi connectivity index (χ0v) is 12.3. The lowest BCUT2D eigenvalue weighted by molar-refractivity contribution is 0.637. The molecule has 0 unspecified atom stereocenters. The van der Waals surface area contributed by atoms with Crippen LogP contribution in [0.5, 0.6) is 0 Å². The van der Waals surface area contributed by atoms with Crippen molar-refractivity contribution in [1.82, 2.24) is 9.55 Å². The zero-order valence-electron chi connectivity index (χ0n) is 12.3. The summed E-state index contributed by atoms with van der Waals surface area (Å²) in [5.41, 5.74) is 4.78. The van der Waals surface area contributed by atoms with Crippen molar-refractivity contribution in [3.8, 4) is 0 Å². The van der Waals surface area contributed by atoms with E-state index in [0.29, 0.717) is 0 Å². The minimum absolute atomic E-state index is 0.944. The Kier molecular flexibility index (Phi) is 4.25. The molecule has 0 amide bonds. The van der Waals surface area contributed by atoms with E-state index in [1.807, 2.05) is 6.92 Å². The normalized spacial score (nSPS) is 10.7. The molecule has 0 aliphatic carbocycles. The number of rotatable bonds is 5. The van der Waals surface area contributed by atoms with E-state index in [1.165, 1.54) is 24.0 Å². The maximum Gasteiger partial charge on any atom is 0.207 e. The minimum atomic E-state index is 0.944. The van der Waals surface area contributed by atoms with Gasteiger partial charge in [0, 0.05) is 18.4 Å². The molecule has 0 spiro atoms. The molecule has 2 rings (SSSR count). The molecule has 1 aromatic heterocycles. The molecule has 0 radical (unpaired) electrons. The molecule has 1 N–H and O–H groups in total. The number of aromatic nitrogens is 2. The first-order valence-electron chi connectivity index (χ1n) is 6.99. The summed E-state index contributed by atoms with van der Waals surface area (Å²) in [4.78, 5) is 4.58. The molecule has 3 heteroatoms. The fraction of sp³-hybridized carbons (Fsp3) is 0.438. The Morgan fingerprint density at radius 2 is 2.00 bits per heavy atom. The Morgan fingerprint density at radius 1 is 1.21 bits per heavy atom. The van der Waals surface area contributed by atoms with Gasteiger partial charge in [-0.25, -0.2) is 4.98 Å². The van der Waals surface area contributed by atoms with E-state index >= 15 is 0 Å². The highest BCUT2D eigenvalue weighted by atomic mass is 15.2. The third-order valence-electron chi connectivity index (χ3n) is 3.50. The standard InChI is InChI=1S/C16H23N3/c1-5-6-10-19-11-13(3)17-16(19)18-15-9-7-8-12(2)14(15)4/h7-9,11H,5-6,10H2,1-4H3,(H,17,18). The number of aryl methyl sites for hydroxylation is 3. The van der Waals surface area contributed by atoms with Gasteiger partial charge in [0.15, 0.2) is 0 Å². The van der Waals surface area contributed by atoms with Gasteiger partial charge in [-0.15, -0.1) is 0 Å². The molecule has 0 fully saturated rings. The molecular formula is C16H23N3. The van der Waals surface area contributed by atoms with Crippen LogP contribution in [-0.2, 0) is 6.54 Å². The van der Waals surface area contributed by atoms with Crippen molar-refractivity contribution in [3.05, 3.63) is 41.2 Å². The van der Waals surface area contributed by atoms with Crippen LogP contribution in [-0.4, -0.2) is 9.55 Å². The smallest absolute Gasteiger partial charge is 0.207 e. The highest BCUT2D eigenvalue weighted by Crippen LogP contribution is 2.22. The maximum atomic E-state index is 4.58. The van der Waals surface area contributed by atoms with Crippen molar-refractivity contribution in [3.63, 3.8) is 0 Å². The Balaban J connectivity index is 2.25. The maximum absolute atomic E-state index is 4.58. The van der Waals surface area contributed by atoms with Gasteiger partial charge in [0.25, 0.3) is 0 Å². The van der Waals surface area contributed by atoms with Crippen molar-refractivity contribution in [2.45, 2.75) is 47.1 Å². The van der Waals surface area contributed by atoms with Gasteiger partial charge in [-0.1, -0.05) is 25.5 Å². The molecule has 0 saturated carbocycles. The van der Waals surface area contributed by atoms with E-state index in [9.17, 15) is 0 Å². The summed E-state index contributed by atoms with van der Waals surface area (Å²) in [6.07, 6.45) is 4.49. The molecule has 0 atom stereocenters. The molecule has 1 heterocycles. The first kappa shape index (κ1) is 13.7. The summed E-state index contributed by atoms with van der Waals surface area (Å²) in [5.74, 6) is 0.944. The Bertz CT molecular complexity index is 555. The minimum Gasteiger partial charge on any atom is -0.325 e. The lowest BCUT2D eigenvalue weighted by atomic mass is 10.1. The number of imidazole rings is 1. The molecule has 3 nitrogen and oxygen atoms in total. The number of hydrogen-bond donors (Lipinski definition) is 1. The molecule has 0 saturated heterocycles. The van der Waals surface area contributed by atoms with Crippen molar-refractivity contribution in [1.29, 1.82) is 0 Å². The van der Waals surface area contributed by atoms with Gasteiger partial charge in [-0.3, -0.25) is 0 Å². The lowest BCUT2D eigenvalue weighted by Gasteiger charge is -2.12. The SMILES string of the molecule is CCCCn1cc(C)nc1Nc1cccc(C)c1C. The zero-order chi connectivity index (χ0) is 13.8. The summed E-state index contributed by atoms with van der Waals surface area (Å²) >= 11 is 0. The summed E-state index contributed by atoms with van der Waals surface area (Å²) < 4.78 is 2.21. The quantitative estimate of drug-likeness (QED) is 0.863. The average Bonchev–Trinajstić information content (AvgIpc) is 2.73. The first-order valence-corrected chi connectivity index (χ1v) is 6.99. The van der Waals surface area contributed by atoms with Crippen molar-refractivity contribution >= 4 is 11.6 Å². The van der Waals surface area contributed by atoms with Crippen molar-refractivity contribution in [2.75, 3.05) is 5.32 Å². The van der Waals surface area contributed by atoms with Crippen LogP contribution in [0.1, 0.15) is 36.6 Å². The van der Waals surface area contributed by atoms with Crippen LogP contribution >= 0.6 is 0 Å². The van der Waals surface area contributed by atoms with Crippen LogP contribution in [0.3, 0.4) is 0 Å². The molecule has 0 aliphatic heterocycles. The fourth-order valence-corrected chi connectivity index (χ4v) is 2.15. The Hall–Kier alpha value is -1.77. The van der Waals surface area contributed by atoms with Crippen LogP contribution in [0.15, 0.2) is 24.4 Å². The van der Waals surface area contributed by atoms with Gasteiger partial charge >= 0.3 is 0 Å². The first-order chi connectivity index (χ1) is 9.11. The van der Waals surface area contributed by atoms with E-state index in [-0.39, 0.29) is 0 Å². The fourth-order valence-electron chi connectivity index (χ4n) is 2.15. The van der Waals surface area contributed by atoms with E-state index < -0.39 is 0 Å². The van der Waals surface area contributed by atoms with Gasteiger partial charge in [-0.05, 0) is 44.4 Å². The van der Waals surface area contributed by atoms with Crippen LogP contribution in [0, 0.1) is 20.8 Å². The molecule has 2 aromatic rings. The second kappa shape index (κ2) is 5.91. The number of benzene rings is 1. The average molecular weight is 257 g/mol. The molecular weight excluding hydrogens is 234 g/mol. The monoisotopic (exact) mass is 257 g/mol. The van der Waals surface area contributed by atoms with Gasteiger partial charge < -0.3 is 9.88 Å². The number of unbranched alkanes of at least 4 members (excludes halogenated alkanes) is 1. The lowest BCUT2D eigenvalue weighted by Crippen LogP contribution is -2.04. The molecule has 1 aromatic carbocycles. The van der Waals surface area contributed by atoms with Gasteiger partial charge in [0.05, 0.1) is 5.69 Å². The summed E-state index contributed by atoms with van der Waals surface area (Å²) in [6.45, 7) is 9.54. The summed E-state index contributed by atoms with van der Waals surface area (Å²) in [6, 6.07) is 6.32. The largest absolute Gasteiger partial charge is 0.325 e. The van der Waals surface area contributed by atoms with Crippen molar-refractivity contribution in [2.24, 2.45) is 0 Å². The summed E-state index contributed by atoms with van der Waals surface area (Å²) in [7, 11) is 0. The van der Waals surface area contributed by atoms with E-state index in [4.69, 9.17) is 0 Å². The van der Waals surface area contributed by atoms with Crippen molar-refractivity contribution < 1.29 is 0 Å². The number of anilines is 2. The predicted octanol–water partition coefficient (Wildman–Crippen LogP) is 4.35. The molecule has 102 valence electrons. The summed E-state index contributed by atoms with van der Waals surface area (Å²) in [5, 5.41) is 3.46. The number of hydrogen-bond acceptors (Lipinski definition) is 2. The number of nitrogens with one attached hydrogen (secondary N) is 1. The molecule has 0 aliphatic rings. The Morgan fingerprint density at radius 3 is 2.74 bits per heavy atom. The second-order valence-electron chi connectivity index (χ2n) is 5.13. The highest BCUT2D eigenvalue weighted by molar-refractivity contribution is 5.60. The van der Waals surface area contributed by atoms with Gasteiger partial charge in [0.2, 0.25) is 5.95 Å². The van der Waals surface area contributed by atoms with Crippen LogP contribution < -0.4 is 5.32 Å².